The van der Waals surface area contributed by atoms with Crippen molar-refractivity contribution in [1.82, 2.24) is 19.7 Å². The molecule has 2 heterocycles. The lowest BCUT2D eigenvalue weighted by atomic mass is 10.1. The van der Waals surface area contributed by atoms with Gasteiger partial charge in [0.05, 0.1) is 16.6 Å². The van der Waals surface area contributed by atoms with E-state index in [1.54, 1.807) is 28.0 Å². The molecule has 0 spiro atoms. The highest BCUT2D eigenvalue weighted by Crippen LogP contribution is 2.35. The van der Waals surface area contributed by atoms with E-state index in [-0.39, 0.29) is 36.2 Å². The molecule has 0 radical (unpaired) electrons. The van der Waals surface area contributed by atoms with E-state index in [0.29, 0.717) is 10.8 Å². The van der Waals surface area contributed by atoms with Crippen molar-refractivity contribution in [2.75, 3.05) is 0 Å². The minimum Gasteiger partial charge on any atom is -0.389 e. The first-order valence-corrected chi connectivity index (χ1v) is 9.88. The number of carbonyl (C=O) groups excluding carboxylic acids is 1. The van der Waals surface area contributed by atoms with E-state index in [0.717, 1.165) is 16.6 Å². The Morgan fingerprint density at radius 1 is 1.03 bits per heavy atom. The second kappa shape index (κ2) is 8.89. The molecule has 0 saturated heterocycles. The van der Waals surface area contributed by atoms with Gasteiger partial charge in [-0.15, -0.1) is 17.5 Å². The normalized spacial score (nSPS) is 11.2. The summed E-state index contributed by atoms with van der Waals surface area (Å²) >= 11 is 0. The molecule has 6 nitrogen and oxygen atoms in total. The lowest BCUT2D eigenvalue weighted by Gasteiger charge is -2.29. The first kappa shape index (κ1) is 22.5. The summed E-state index contributed by atoms with van der Waals surface area (Å²) in [6, 6.07) is 11.8. The van der Waals surface area contributed by atoms with E-state index in [4.69, 9.17) is 4.74 Å². The van der Waals surface area contributed by atoms with Crippen molar-refractivity contribution in [2.24, 2.45) is 0 Å². The fourth-order valence-electron chi connectivity index (χ4n) is 3.79. The van der Waals surface area contributed by atoms with E-state index in [1.807, 2.05) is 52.0 Å². The van der Waals surface area contributed by atoms with Crippen molar-refractivity contribution in [3.63, 3.8) is 0 Å². The van der Waals surface area contributed by atoms with Gasteiger partial charge in [0.2, 0.25) is 0 Å². The summed E-state index contributed by atoms with van der Waals surface area (Å²) in [6.45, 7) is 7.75. The average Bonchev–Trinajstić information content (AvgIpc) is 3.06. The molecule has 2 aromatic carbocycles. The van der Waals surface area contributed by atoms with E-state index >= 15 is 0 Å². The number of hydrogen-bond acceptors (Lipinski definition) is 4. The number of aromatic nitrogens is 3. The Morgan fingerprint density at radius 3 is 2.35 bits per heavy atom. The molecule has 0 aliphatic heterocycles. The Morgan fingerprint density at radius 2 is 1.71 bits per heavy atom. The minimum atomic E-state index is -0.472. The van der Waals surface area contributed by atoms with E-state index in [2.05, 4.69) is 10.1 Å². The highest BCUT2D eigenvalue weighted by molar-refractivity contribution is 6.10. The Hall–Kier alpha value is -3.19. The van der Waals surface area contributed by atoms with Gasteiger partial charge >= 0.3 is 6.09 Å². The molecule has 2 aromatic heterocycles. The van der Waals surface area contributed by atoms with Crippen molar-refractivity contribution in [2.45, 2.75) is 39.8 Å². The summed E-state index contributed by atoms with van der Waals surface area (Å²) in [5, 5.41) is 6.72. The van der Waals surface area contributed by atoms with Crippen LogP contribution >= 0.6 is 12.4 Å². The fraction of sp³-hybridized carbons (Fsp3) is 0.261. The molecule has 0 bridgehead atoms. The highest BCUT2D eigenvalue weighted by atomic mass is 35.5. The second-order valence-electron chi connectivity index (χ2n) is 7.71. The molecule has 0 N–H and O–H groups in total. The average molecular weight is 443 g/mol. The largest absolute Gasteiger partial charge is 0.417 e. The zero-order chi connectivity index (χ0) is 21.4. The van der Waals surface area contributed by atoms with Gasteiger partial charge in [0.25, 0.3) is 5.88 Å². The molecule has 8 heteroatoms. The van der Waals surface area contributed by atoms with Crippen LogP contribution in [0.1, 0.15) is 27.7 Å². The van der Waals surface area contributed by atoms with Gasteiger partial charge < -0.3 is 9.64 Å². The molecule has 0 fully saturated rings. The summed E-state index contributed by atoms with van der Waals surface area (Å²) in [7, 11) is 0. The third-order valence-electron chi connectivity index (χ3n) is 5.01. The molecule has 4 rings (SSSR count). The van der Waals surface area contributed by atoms with Crippen LogP contribution in [0.3, 0.4) is 0 Å². The summed E-state index contributed by atoms with van der Waals surface area (Å²) in [6.07, 6.45) is 2.87. The first-order valence-electron chi connectivity index (χ1n) is 9.88. The molecular weight excluding hydrogens is 419 g/mol. The lowest BCUT2D eigenvalue weighted by Crippen LogP contribution is -2.43. The maximum atomic E-state index is 13.8. The summed E-state index contributed by atoms with van der Waals surface area (Å²) in [5.41, 5.74) is 1.53. The number of amides is 1. The van der Waals surface area contributed by atoms with Crippen molar-refractivity contribution in [3.05, 3.63) is 60.7 Å². The Labute approximate surface area is 186 Å². The predicted octanol–water partition coefficient (Wildman–Crippen LogP) is 5.75. The third-order valence-corrected chi connectivity index (χ3v) is 5.01. The molecule has 162 valence electrons. The maximum Gasteiger partial charge on any atom is 0.417 e. The van der Waals surface area contributed by atoms with Crippen LogP contribution in [0.5, 0.6) is 5.88 Å². The number of hydrogen-bond donors (Lipinski definition) is 0. The van der Waals surface area contributed by atoms with Crippen LogP contribution in [0.15, 0.2) is 54.9 Å². The van der Waals surface area contributed by atoms with Gasteiger partial charge in [0, 0.05) is 24.5 Å². The quantitative estimate of drug-likeness (QED) is 0.403. The monoisotopic (exact) mass is 442 g/mol. The van der Waals surface area contributed by atoms with Gasteiger partial charge in [0.1, 0.15) is 5.82 Å². The maximum absolute atomic E-state index is 13.8. The first-order chi connectivity index (χ1) is 14.4. The number of rotatable bonds is 4. The molecule has 4 aromatic rings. The van der Waals surface area contributed by atoms with E-state index in [1.165, 1.54) is 12.1 Å². The standard InChI is InChI=1S/C23H23FN4O2.ClH/c1-14(2)27(15(3)4)23(29)30-22-21-19-7-6-17(24)13-16(19)5-8-20(21)28(26-22)18-9-11-25-12-10-18;/h5-15H,1-4H3;1H. The summed E-state index contributed by atoms with van der Waals surface area (Å²) < 4.78 is 21.3. The fourth-order valence-corrected chi connectivity index (χ4v) is 3.79. The van der Waals surface area contributed by atoms with Gasteiger partial charge in [-0.25, -0.2) is 13.9 Å². The van der Waals surface area contributed by atoms with Crippen LogP contribution in [0.2, 0.25) is 0 Å². The topological polar surface area (TPSA) is 60.3 Å². The van der Waals surface area contributed by atoms with Gasteiger partial charge in [-0.2, -0.15) is 0 Å². The Balaban J connectivity index is 0.00000272. The van der Waals surface area contributed by atoms with Gasteiger partial charge in [-0.05, 0) is 68.8 Å². The smallest absolute Gasteiger partial charge is 0.389 e. The number of pyridine rings is 1. The molecule has 0 saturated carbocycles. The van der Waals surface area contributed by atoms with Crippen LogP contribution in [0.25, 0.3) is 27.4 Å². The van der Waals surface area contributed by atoms with Crippen molar-refractivity contribution in [3.8, 4) is 11.6 Å². The molecule has 1 amide bonds. The van der Waals surface area contributed by atoms with Crippen molar-refractivity contribution >= 4 is 40.2 Å². The summed E-state index contributed by atoms with van der Waals surface area (Å²) in [4.78, 5) is 18.7. The number of fused-ring (bicyclic) bond motifs is 3. The number of halogens is 2. The zero-order valence-corrected chi connectivity index (χ0v) is 18.6. The van der Waals surface area contributed by atoms with E-state index < -0.39 is 6.09 Å². The molecule has 0 aliphatic rings. The lowest BCUT2D eigenvalue weighted by molar-refractivity contribution is 0.121. The van der Waals surface area contributed by atoms with Crippen molar-refractivity contribution in [1.29, 1.82) is 0 Å². The zero-order valence-electron chi connectivity index (χ0n) is 17.7. The number of carbonyl (C=O) groups is 1. The van der Waals surface area contributed by atoms with Crippen LogP contribution in [0.4, 0.5) is 9.18 Å². The molecule has 0 unspecified atom stereocenters. The predicted molar refractivity (Wildman–Crippen MR) is 122 cm³/mol. The summed E-state index contributed by atoms with van der Waals surface area (Å²) in [5.74, 6) is -0.136. The van der Waals surface area contributed by atoms with Crippen LogP contribution in [-0.2, 0) is 0 Å². The Bertz CT molecular complexity index is 1220. The molecule has 0 atom stereocenters. The number of ether oxygens (including phenoxy) is 1. The highest BCUT2D eigenvalue weighted by Gasteiger charge is 2.25. The SMILES string of the molecule is CC(C)N(C(=O)Oc1nn(-c2ccncc2)c2ccc3cc(F)ccc3c12)C(C)C.Cl. The molecule has 31 heavy (non-hydrogen) atoms. The second-order valence-corrected chi connectivity index (χ2v) is 7.71. The van der Waals surface area contributed by atoms with Gasteiger partial charge in [-0.1, -0.05) is 12.1 Å². The third kappa shape index (κ3) is 4.18. The van der Waals surface area contributed by atoms with Crippen LogP contribution in [-0.4, -0.2) is 37.8 Å². The van der Waals surface area contributed by atoms with Crippen molar-refractivity contribution < 1.29 is 13.9 Å². The molecular formula is C23H24ClFN4O2. The molecule has 0 aliphatic carbocycles. The number of nitrogens with zero attached hydrogens (tertiary/aromatic N) is 4. The van der Waals surface area contributed by atoms with E-state index in [9.17, 15) is 9.18 Å². The van der Waals surface area contributed by atoms with Crippen LogP contribution in [0, 0.1) is 5.82 Å². The van der Waals surface area contributed by atoms with Crippen LogP contribution < -0.4 is 4.74 Å². The van der Waals surface area contributed by atoms with Gasteiger partial charge in [-0.3, -0.25) is 4.98 Å². The van der Waals surface area contributed by atoms with Gasteiger partial charge in [0.15, 0.2) is 0 Å². The number of benzene rings is 2. The Kier molecular flexibility index (Phi) is 6.45. The minimum absolute atomic E-state index is 0.